The Hall–Kier alpha value is -2.23. The maximum atomic E-state index is 4.22. The van der Waals surface area contributed by atoms with Gasteiger partial charge in [-0.3, -0.25) is 9.88 Å². The Labute approximate surface area is 137 Å². The van der Waals surface area contributed by atoms with E-state index in [-0.39, 0.29) is 0 Å². The summed E-state index contributed by atoms with van der Waals surface area (Å²) in [5.41, 5.74) is 2.72. The standard InChI is InChI=1S/C20H21N3/c1-2-4-16(5-3-1)20(23-12-10-21-11-13-23)18-6-7-19-15-22-9-8-17(19)14-18/h1-9,14-15,20-21H,10-13H2. The van der Waals surface area contributed by atoms with Crippen molar-refractivity contribution in [2.24, 2.45) is 0 Å². The Morgan fingerprint density at radius 1 is 0.870 bits per heavy atom. The van der Waals surface area contributed by atoms with Crippen LogP contribution in [-0.4, -0.2) is 36.1 Å². The van der Waals surface area contributed by atoms with Gasteiger partial charge in [0.25, 0.3) is 0 Å². The molecule has 2 heterocycles. The van der Waals surface area contributed by atoms with E-state index in [1.54, 1.807) is 0 Å². The average molecular weight is 303 g/mol. The first-order valence-electron chi connectivity index (χ1n) is 8.25. The van der Waals surface area contributed by atoms with Crippen molar-refractivity contribution < 1.29 is 0 Å². The number of aromatic nitrogens is 1. The Morgan fingerprint density at radius 3 is 2.52 bits per heavy atom. The van der Waals surface area contributed by atoms with Crippen LogP contribution in [0.2, 0.25) is 0 Å². The highest BCUT2D eigenvalue weighted by Gasteiger charge is 2.23. The summed E-state index contributed by atoms with van der Waals surface area (Å²) in [7, 11) is 0. The fourth-order valence-corrected chi connectivity index (χ4v) is 3.46. The molecule has 3 aromatic rings. The van der Waals surface area contributed by atoms with Crippen molar-refractivity contribution in [3.8, 4) is 0 Å². The van der Waals surface area contributed by atoms with Gasteiger partial charge in [-0.1, -0.05) is 42.5 Å². The van der Waals surface area contributed by atoms with Crippen molar-refractivity contribution in [3.05, 3.63) is 78.1 Å². The molecule has 1 N–H and O–H groups in total. The normalized spacial score (nSPS) is 17.2. The van der Waals surface area contributed by atoms with E-state index in [2.05, 4.69) is 69.8 Å². The van der Waals surface area contributed by atoms with Crippen molar-refractivity contribution in [3.63, 3.8) is 0 Å². The number of benzene rings is 2. The van der Waals surface area contributed by atoms with Crippen LogP contribution in [-0.2, 0) is 0 Å². The molecule has 1 unspecified atom stereocenters. The van der Waals surface area contributed by atoms with Crippen LogP contribution in [0.15, 0.2) is 67.0 Å². The van der Waals surface area contributed by atoms with Crippen molar-refractivity contribution in [1.82, 2.24) is 15.2 Å². The van der Waals surface area contributed by atoms with Gasteiger partial charge in [0.05, 0.1) is 6.04 Å². The number of hydrogen-bond donors (Lipinski definition) is 1. The number of pyridine rings is 1. The summed E-state index contributed by atoms with van der Waals surface area (Å²) in [6.45, 7) is 4.27. The minimum absolute atomic E-state index is 0.316. The van der Waals surface area contributed by atoms with Crippen LogP contribution in [0, 0.1) is 0 Å². The van der Waals surface area contributed by atoms with Gasteiger partial charge < -0.3 is 5.32 Å². The molecular weight excluding hydrogens is 282 g/mol. The molecule has 2 aromatic carbocycles. The van der Waals surface area contributed by atoms with E-state index < -0.39 is 0 Å². The zero-order valence-electron chi connectivity index (χ0n) is 13.2. The lowest BCUT2D eigenvalue weighted by Crippen LogP contribution is -2.45. The summed E-state index contributed by atoms with van der Waals surface area (Å²) in [5, 5.41) is 5.91. The second-order valence-corrected chi connectivity index (χ2v) is 6.08. The highest BCUT2D eigenvalue weighted by atomic mass is 15.2. The Kier molecular flexibility index (Phi) is 4.05. The van der Waals surface area contributed by atoms with Crippen LogP contribution in [0.1, 0.15) is 17.2 Å². The molecule has 23 heavy (non-hydrogen) atoms. The number of rotatable bonds is 3. The maximum Gasteiger partial charge on any atom is 0.0602 e. The predicted octanol–water partition coefficient (Wildman–Crippen LogP) is 3.23. The van der Waals surface area contributed by atoms with Gasteiger partial charge in [0.2, 0.25) is 0 Å². The number of nitrogens with zero attached hydrogens (tertiary/aromatic N) is 2. The van der Waals surface area contributed by atoms with Crippen LogP contribution in [0.3, 0.4) is 0 Å². The maximum absolute atomic E-state index is 4.22. The Morgan fingerprint density at radius 2 is 1.70 bits per heavy atom. The molecule has 1 fully saturated rings. The van der Waals surface area contributed by atoms with Crippen LogP contribution in [0.5, 0.6) is 0 Å². The molecule has 1 aromatic heterocycles. The van der Waals surface area contributed by atoms with E-state index in [0.29, 0.717) is 6.04 Å². The summed E-state index contributed by atoms with van der Waals surface area (Å²) in [4.78, 5) is 6.79. The third kappa shape index (κ3) is 2.98. The number of nitrogens with one attached hydrogen (secondary N) is 1. The van der Waals surface area contributed by atoms with E-state index in [4.69, 9.17) is 0 Å². The molecule has 1 aliphatic heterocycles. The topological polar surface area (TPSA) is 28.2 Å². The smallest absolute Gasteiger partial charge is 0.0602 e. The molecule has 0 saturated carbocycles. The van der Waals surface area contributed by atoms with Gasteiger partial charge in [0.15, 0.2) is 0 Å². The van der Waals surface area contributed by atoms with Crippen LogP contribution < -0.4 is 5.32 Å². The van der Waals surface area contributed by atoms with Gasteiger partial charge in [0, 0.05) is 44.0 Å². The molecule has 0 bridgehead atoms. The third-order valence-electron chi connectivity index (χ3n) is 4.61. The lowest BCUT2D eigenvalue weighted by atomic mass is 9.95. The fourth-order valence-electron chi connectivity index (χ4n) is 3.46. The molecule has 1 saturated heterocycles. The van der Waals surface area contributed by atoms with E-state index in [1.165, 1.54) is 21.9 Å². The summed E-state index contributed by atoms with van der Waals surface area (Å²) in [5.74, 6) is 0. The van der Waals surface area contributed by atoms with Crippen molar-refractivity contribution in [1.29, 1.82) is 0 Å². The van der Waals surface area contributed by atoms with Crippen molar-refractivity contribution >= 4 is 10.8 Å². The Balaban J connectivity index is 1.79. The lowest BCUT2D eigenvalue weighted by Gasteiger charge is -2.35. The quantitative estimate of drug-likeness (QED) is 0.805. The largest absolute Gasteiger partial charge is 0.314 e. The number of hydrogen-bond acceptors (Lipinski definition) is 3. The monoisotopic (exact) mass is 303 g/mol. The summed E-state index contributed by atoms with van der Waals surface area (Å²) in [6, 6.07) is 20.0. The molecule has 4 rings (SSSR count). The first-order chi connectivity index (χ1) is 11.4. The van der Waals surface area contributed by atoms with Crippen LogP contribution in [0.25, 0.3) is 10.8 Å². The van der Waals surface area contributed by atoms with Crippen molar-refractivity contribution in [2.75, 3.05) is 26.2 Å². The average Bonchev–Trinajstić information content (AvgIpc) is 2.64. The van der Waals surface area contributed by atoms with E-state index in [0.717, 1.165) is 26.2 Å². The molecule has 0 aliphatic carbocycles. The second-order valence-electron chi connectivity index (χ2n) is 6.08. The van der Waals surface area contributed by atoms with Crippen LogP contribution in [0.4, 0.5) is 0 Å². The van der Waals surface area contributed by atoms with Gasteiger partial charge in [-0.2, -0.15) is 0 Å². The highest BCUT2D eigenvalue weighted by Crippen LogP contribution is 2.30. The van der Waals surface area contributed by atoms with Gasteiger partial charge in [0.1, 0.15) is 0 Å². The number of fused-ring (bicyclic) bond motifs is 1. The number of piperazine rings is 1. The zero-order chi connectivity index (χ0) is 15.5. The predicted molar refractivity (Wildman–Crippen MR) is 94.5 cm³/mol. The molecule has 1 atom stereocenters. The minimum atomic E-state index is 0.316. The SMILES string of the molecule is c1ccc(C(c2ccc3cnccc3c2)N2CCNCC2)cc1. The van der Waals surface area contributed by atoms with Gasteiger partial charge in [-0.25, -0.2) is 0 Å². The molecule has 3 heteroatoms. The highest BCUT2D eigenvalue weighted by molar-refractivity contribution is 5.82. The summed E-state index contributed by atoms with van der Waals surface area (Å²) < 4.78 is 0. The molecule has 3 nitrogen and oxygen atoms in total. The third-order valence-corrected chi connectivity index (χ3v) is 4.61. The molecular formula is C20H21N3. The van der Waals surface area contributed by atoms with Gasteiger partial charge in [-0.15, -0.1) is 0 Å². The zero-order valence-corrected chi connectivity index (χ0v) is 13.2. The first kappa shape index (κ1) is 14.4. The first-order valence-corrected chi connectivity index (χ1v) is 8.25. The van der Waals surface area contributed by atoms with Crippen molar-refractivity contribution in [2.45, 2.75) is 6.04 Å². The van der Waals surface area contributed by atoms with E-state index in [1.807, 2.05) is 12.4 Å². The molecule has 0 radical (unpaired) electrons. The Bertz CT molecular complexity index is 779. The van der Waals surface area contributed by atoms with Crippen LogP contribution >= 0.6 is 0 Å². The molecule has 116 valence electrons. The second kappa shape index (κ2) is 6.49. The summed E-state index contributed by atoms with van der Waals surface area (Å²) in [6.07, 6.45) is 3.80. The minimum Gasteiger partial charge on any atom is -0.314 e. The lowest BCUT2D eigenvalue weighted by molar-refractivity contribution is 0.198. The van der Waals surface area contributed by atoms with Gasteiger partial charge >= 0.3 is 0 Å². The van der Waals surface area contributed by atoms with E-state index in [9.17, 15) is 0 Å². The molecule has 0 spiro atoms. The molecule has 1 aliphatic rings. The fraction of sp³-hybridized carbons (Fsp3) is 0.250. The van der Waals surface area contributed by atoms with Gasteiger partial charge in [-0.05, 0) is 28.6 Å². The van der Waals surface area contributed by atoms with E-state index >= 15 is 0 Å². The molecule has 0 amide bonds. The summed E-state index contributed by atoms with van der Waals surface area (Å²) >= 11 is 0.